The van der Waals surface area contributed by atoms with Gasteiger partial charge in [0.15, 0.2) is 0 Å². The Hall–Kier alpha value is -0.990. The highest BCUT2D eigenvalue weighted by molar-refractivity contribution is 6.30. The lowest BCUT2D eigenvalue weighted by molar-refractivity contribution is 0.564. The van der Waals surface area contributed by atoms with E-state index in [2.05, 4.69) is 6.20 Å². The first-order valence-corrected chi connectivity index (χ1v) is 5.34. The lowest BCUT2D eigenvalue weighted by atomic mass is 10.0. The van der Waals surface area contributed by atoms with Crippen molar-refractivity contribution in [3.05, 3.63) is 41.1 Å². The number of nitrogens with two attached hydrogens (primary N) is 1. The van der Waals surface area contributed by atoms with Crippen LogP contribution in [0.25, 0.3) is 5.57 Å². The second-order valence-electron chi connectivity index (χ2n) is 3.66. The molecule has 2 N–H and O–H groups in total. The van der Waals surface area contributed by atoms with Crippen LogP contribution in [0.3, 0.4) is 0 Å². The van der Waals surface area contributed by atoms with E-state index < -0.39 is 0 Å². The van der Waals surface area contributed by atoms with E-state index in [0.29, 0.717) is 6.54 Å². The lowest BCUT2D eigenvalue weighted by Crippen LogP contribution is -2.06. The van der Waals surface area contributed by atoms with Gasteiger partial charge in [0.2, 0.25) is 0 Å². The molecule has 0 radical (unpaired) electrons. The first-order chi connectivity index (χ1) is 7.13. The van der Waals surface area contributed by atoms with E-state index in [0.717, 1.165) is 11.4 Å². The Labute approximate surface area is 96.3 Å². The summed E-state index contributed by atoms with van der Waals surface area (Å²) in [6, 6.07) is 7.84. The zero-order chi connectivity index (χ0) is 11.3. The fraction of sp³-hybridized carbons (Fsp3) is 0.333. The summed E-state index contributed by atoms with van der Waals surface area (Å²) in [5.41, 5.74) is 8.00. The highest BCUT2D eigenvalue weighted by Gasteiger charge is 2.01. The Balaban J connectivity index is 2.94. The van der Waals surface area contributed by atoms with Crippen molar-refractivity contribution >= 4 is 17.2 Å². The van der Waals surface area contributed by atoms with Crippen LogP contribution in [0.1, 0.15) is 12.0 Å². The molecule has 0 saturated carbocycles. The predicted octanol–water partition coefficient (Wildman–Crippen LogP) is 2.59. The minimum atomic E-state index is 0.655. The number of halogens is 1. The van der Waals surface area contributed by atoms with Gasteiger partial charge < -0.3 is 10.6 Å². The van der Waals surface area contributed by atoms with Crippen LogP contribution in [0.4, 0.5) is 0 Å². The Morgan fingerprint density at radius 1 is 1.33 bits per heavy atom. The minimum Gasteiger partial charge on any atom is -0.383 e. The summed E-state index contributed by atoms with van der Waals surface area (Å²) in [5, 5.41) is 0.760. The molecule has 0 heterocycles. The molecular weight excluding hydrogens is 208 g/mol. The molecule has 0 unspecified atom stereocenters. The zero-order valence-electron chi connectivity index (χ0n) is 9.20. The van der Waals surface area contributed by atoms with Gasteiger partial charge in [0, 0.05) is 25.3 Å². The summed E-state index contributed by atoms with van der Waals surface area (Å²) < 4.78 is 0. The quantitative estimate of drug-likeness (QED) is 0.852. The van der Waals surface area contributed by atoms with E-state index in [1.807, 2.05) is 43.3 Å². The average Bonchev–Trinajstić information content (AvgIpc) is 2.17. The number of rotatable bonds is 4. The SMILES string of the molecule is CN(C)/C=C(\CCN)c1ccc(Cl)cc1. The van der Waals surface area contributed by atoms with E-state index in [9.17, 15) is 0 Å². The first kappa shape index (κ1) is 12.1. The van der Waals surface area contributed by atoms with Crippen LogP contribution in [0.5, 0.6) is 0 Å². The number of nitrogens with zero attached hydrogens (tertiary/aromatic N) is 1. The van der Waals surface area contributed by atoms with Crippen molar-refractivity contribution in [2.24, 2.45) is 5.73 Å². The molecule has 0 atom stereocenters. The molecule has 1 aromatic rings. The van der Waals surface area contributed by atoms with Crippen molar-refractivity contribution in [2.45, 2.75) is 6.42 Å². The minimum absolute atomic E-state index is 0.655. The summed E-state index contributed by atoms with van der Waals surface area (Å²) in [6.45, 7) is 0.655. The van der Waals surface area contributed by atoms with Crippen molar-refractivity contribution in [3.8, 4) is 0 Å². The van der Waals surface area contributed by atoms with Gasteiger partial charge in [-0.2, -0.15) is 0 Å². The van der Waals surface area contributed by atoms with Gasteiger partial charge in [-0.1, -0.05) is 23.7 Å². The molecule has 3 heteroatoms. The monoisotopic (exact) mass is 224 g/mol. The highest BCUT2D eigenvalue weighted by Crippen LogP contribution is 2.20. The molecule has 15 heavy (non-hydrogen) atoms. The van der Waals surface area contributed by atoms with Crippen LogP contribution in [0.2, 0.25) is 5.02 Å². The molecular formula is C12H17ClN2. The molecule has 0 amide bonds. The smallest absolute Gasteiger partial charge is 0.0406 e. The zero-order valence-corrected chi connectivity index (χ0v) is 9.96. The molecule has 0 fully saturated rings. The Morgan fingerprint density at radius 2 is 1.93 bits per heavy atom. The summed E-state index contributed by atoms with van der Waals surface area (Å²) in [7, 11) is 4.01. The third-order valence-electron chi connectivity index (χ3n) is 2.04. The molecule has 82 valence electrons. The fourth-order valence-electron chi connectivity index (χ4n) is 1.41. The van der Waals surface area contributed by atoms with Crippen molar-refractivity contribution < 1.29 is 0 Å². The third kappa shape index (κ3) is 3.94. The number of hydrogen-bond donors (Lipinski definition) is 1. The maximum absolute atomic E-state index is 5.84. The Bertz CT molecular complexity index is 328. The number of benzene rings is 1. The van der Waals surface area contributed by atoms with E-state index in [4.69, 9.17) is 17.3 Å². The molecule has 0 aliphatic carbocycles. The van der Waals surface area contributed by atoms with Crippen LogP contribution in [-0.4, -0.2) is 25.5 Å². The summed E-state index contributed by atoms with van der Waals surface area (Å²) in [6.07, 6.45) is 2.97. The van der Waals surface area contributed by atoms with Gasteiger partial charge in [0.05, 0.1) is 0 Å². The Morgan fingerprint density at radius 3 is 2.40 bits per heavy atom. The maximum Gasteiger partial charge on any atom is 0.0406 e. The summed E-state index contributed by atoms with van der Waals surface area (Å²) >= 11 is 5.84. The normalized spacial score (nSPS) is 11.6. The summed E-state index contributed by atoms with van der Waals surface area (Å²) in [4.78, 5) is 2.03. The standard InChI is InChI=1S/C12H17ClN2/c1-15(2)9-11(7-8-14)10-3-5-12(13)6-4-10/h3-6,9H,7-8,14H2,1-2H3/b11-9+. The van der Waals surface area contributed by atoms with E-state index in [1.54, 1.807) is 0 Å². The molecule has 0 aliphatic heterocycles. The van der Waals surface area contributed by atoms with Crippen LogP contribution >= 0.6 is 11.6 Å². The highest BCUT2D eigenvalue weighted by atomic mass is 35.5. The molecule has 0 spiro atoms. The second-order valence-corrected chi connectivity index (χ2v) is 4.10. The van der Waals surface area contributed by atoms with Crippen molar-refractivity contribution in [3.63, 3.8) is 0 Å². The lowest BCUT2D eigenvalue weighted by Gasteiger charge is -2.11. The van der Waals surface area contributed by atoms with Crippen LogP contribution in [-0.2, 0) is 0 Å². The van der Waals surface area contributed by atoms with Crippen LogP contribution in [0, 0.1) is 0 Å². The van der Waals surface area contributed by atoms with Gasteiger partial charge in [-0.05, 0) is 36.2 Å². The molecule has 2 nitrogen and oxygen atoms in total. The van der Waals surface area contributed by atoms with E-state index in [-0.39, 0.29) is 0 Å². The second kappa shape index (κ2) is 5.79. The predicted molar refractivity (Wildman–Crippen MR) is 66.8 cm³/mol. The van der Waals surface area contributed by atoms with Gasteiger partial charge in [-0.3, -0.25) is 0 Å². The molecule has 0 bridgehead atoms. The maximum atomic E-state index is 5.84. The van der Waals surface area contributed by atoms with Crippen LogP contribution < -0.4 is 5.73 Å². The average molecular weight is 225 g/mol. The fourth-order valence-corrected chi connectivity index (χ4v) is 1.54. The van der Waals surface area contributed by atoms with Gasteiger partial charge in [0.25, 0.3) is 0 Å². The van der Waals surface area contributed by atoms with Crippen LogP contribution in [0.15, 0.2) is 30.5 Å². The number of hydrogen-bond acceptors (Lipinski definition) is 2. The largest absolute Gasteiger partial charge is 0.383 e. The van der Waals surface area contributed by atoms with E-state index >= 15 is 0 Å². The molecule has 0 aliphatic rings. The molecule has 0 saturated heterocycles. The van der Waals surface area contributed by atoms with Gasteiger partial charge >= 0.3 is 0 Å². The Kier molecular flexibility index (Phi) is 4.66. The van der Waals surface area contributed by atoms with Crippen molar-refractivity contribution in [2.75, 3.05) is 20.6 Å². The molecule has 1 aromatic carbocycles. The van der Waals surface area contributed by atoms with Gasteiger partial charge in [-0.25, -0.2) is 0 Å². The van der Waals surface area contributed by atoms with Gasteiger partial charge in [-0.15, -0.1) is 0 Å². The van der Waals surface area contributed by atoms with Crippen molar-refractivity contribution in [1.29, 1.82) is 0 Å². The topological polar surface area (TPSA) is 29.3 Å². The van der Waals surface area contributed by atoms with Gasteiger partial charge in [0.1, 0.15) is 0 Å². The van der Waals surface area contributed by atoms with E-state index in [1.165, 1.54) is 11.1 Å². The third-order valence-corrected chi connectivity index (χ3v) is 2.29. The summed E-state index contributed by atoms with van der Waals surface area (Å²) in [5.74, 6) is 0. The first-order valence-electron chi connectivity index (χ1n) is 4.96. The van der Waals surface area contributed by atoms with Crippen molar-refractivity contribution in [1.82, 2.24) is 4.90 Å². The molecule has 0 aromatic heterocycles. The molecule has 1 rings (SSSR count).